The number of rotatable bonds is 3. The third-order valence-electron chi connectivity index (χ3n) is 3.63. The largest absolute Gasteiger partial charge is 0.315 e. The first-order valence-corrected chi connectivity index (χ1v) is 7.12. The molecule has 2 atom stereocenters. The third kappa shape index (κ3) is 2.99. The average Bonchev–Trinajstić information content (AvgIpc) is 2.29. The fourth-order valence-corrected chi connectivity index (χ4v) is 4.21. The lowest BCUT2D eigenvalue weighted by Crippen LogP contribution is -2.50. The van der Waals surface area contributed by atoms with Gasteiger partial charge in [0.25, 0.3) is 0 Å². The van der Waals surface area contributed by atoms with Crippen molar-refractivity contribution in [2.75, 3.05) is 7.05 Å². The Kier molecular flexibility index (Phi) is 4.05. The SMILES string of the molecule is CNC1C(Sc2ncccn2)CCCC1(C)C. The van der Waals surface area contributed by atoms with Gasteiger partial charge >= 0.3 is 0 Å². The lowest BCUT2D eigenvalue weighted by Gasteiger charge is -2.43. The van der Waals surface area contributed by atoms with Crippen LogP contribution in [0.2, 0.25) is 0 Å². The molecule has 4 heteroatoms. The van der Waals surface area contributed by atoms with Crippen LogP contribution in [0.3, 0.4) is 0 Å². The van der Waals surface area contributed by atoms with Crippen molar-refractivity contribution in [3.8, 4) is 0 Å². The molecule has 1 aliphatic carbocycles. The van der Waals surface area contributed by atoms with Gasteiger partial charge in [0.05, 0.1) is 0 Å². The van der Waals surface area contributed by atoms with Gasteiger partial charge in [0.15, 0.2) is 5.16 Å². The van der Waals surface area contributed by atoms with Crippen molar-refractivity contribution in [1.82, 2.24) is 15.3 Å². The van der Waals surface area contributed by atoms with Crippen molar-refractivity contribution >= 4 is 11.8 Å². The molecule has 2 rings (SSSR count). The second-order valence-corrected chi connectivity index (χ2v) is 6.54. The van der Waals surface area contributed by atoms with E-state index in [4.69, 9.17) is 0 Å². The number of hydrogen-bond acceptors (Lipinski definition) is 4. The molecule has 0 spiro atoms. The van der Waals surface area contributed by atoms with Gasteiger partial charge in [-0.2, -0.15) is 0 Å². The van der Waals surface area contributed by atoms with Gasteiger partial charge in [-0.25, -0.2) is 9.97 Å². The average molecular weight is 251 g/mol. The van der Waals surface area contributed by atoms with Crippen molar-refractivity contribution in [2.45, 2.75) is 49.6 Å². The number of thioether (sulfide) groups is 1. The molecule has 2 unspecified atom stereocenters. The van der Waals surface area contributed by atoms with Crippen LogP contribution in [0.25, 0.3) is 0 Å². The second kappa shape index (κ2) is 5.36. The van der Waals surface area contributed by atoms with E-state index in [1.807, 2.05) is 30.2 Å². The molecule has 0 saturated heterocycles. The summed E-state index contributed by atoms with van der Waals surface area (Å²) in [4.78, 5) is 8.63. The summed E-state index contributed by atoms with van der Waals surface area (Å²) >= 11 is 1.81. The molecule has 1 aromatic heterocycles. The van der Waals surface area contributed by atoms with Crippen molar-refractivity contribution in [1.29, 1.82) is 0 Å². The third-order valence-corrected chi connectivity index (χ3v) is 4.87. The zero-order valence-corrected chi connectivity index (χ0v) is 11.6. The first-order valence-electron chi connectivity index (χ1n) is 6.24. The van der Waals surface area contributed by atoms with Crippen molar-refractivity contribution in [2.24, 2.45) is 5.41 Å². The molecule has 1 aromatic rings. The quantitative estimate of drug-likeness (QED) is 0.838. The van der Waals surface area contributed by atoms with Crippen LogP contribution in [0.4, 0.5) is 0 Å². The normalized spacial score (nSPS) is 27.9. The van der Waals surface area contributed by atoms with Crippen molar-refractivity contribution in [3.63, 3.8) is 0 Å². The van der Waals surface area contributed by atoms with Gasteiger partial charge in [-0.05, 0) is 31.4 Å². The summed E-state index contributed by atoms with van der Waals surface area (Å²) in [6.07, 6.45) is 7.48. The molecule has 1 heterocycles. The van der Waals surface area contributed by atoms with Crippen LogP contribution in [-0.2, 0) is 0 Å². The highest BCUT2D eigenvalue weighted by Crippen LogP contribution is 2.41. The van der Waals surface area contributed by atoms with E-state index < -0.39 is 0 Å². The molecule has 1 N–H and O–H groups in total. The second-order valence-electron chi connectivity index (χ2n) is 5.33. The van der Waals surface area contributed by atoms with Crippen LogP contribution in [0.1, 0.15) is 33.1 Å². The van der Waals surface area contributed by atoms with Gasteiger partial charge in [-0.1, -0.05) is 32.0 Å². The fraction of sp³-hybridized carbons (Fsp3) is 0.692. The van der Waals surface area contributed by atoms with E-state index in [9.17, 15) is 0 Å². The van der Waals surface area contributed by atoms with Crippen LogP contribution < -0.4 is 5.32 Å². The highest BCUT2D eigenvalue weighted by atomic mass is 32.2. The van der Waals surface area contributed by atoms with Crippen LogP contribution in [0.5, 0.6) is 0 Å². The van der Waals surface area contributed by atoms with Crippen LogP contribution in [0.15, 0.2) is 23.6 Å². The molecular weight excluding hydrogens is 230 g/mol. The first-order chi connectivity index (χ1) is 8.13. The Labute approximate surface area is 108 Å². The molecule has 17 heavy (non-hydrogen) atoms. The minimum atomic E-state index is 0.361. The molecule has 0 radical (unpaired) electrons. The van der Waals surface area contributed by atoms with Gasteiger partial charge in [0, 0.05) is 23.7 Å². The van der Waals surface area contributed by atoms with Crippen LogP contribution in [-0.4, -0.2) is 28.3 Å². The van der Waals surface area contributed by atoms with E-state index in [-0.39, 0.29) is 0 Å². The molecule has 1 fully saturated rings. The standard InChI is InChI=1S/C13H21N3S/c1-13(2)7-4-6-10(11(13)14-3)17-12-15-8-5-9-16-12/h5,8-11,14H,4,6-7H2,1-3H3. The molecule has 0 aliphatic heterocycles. The zero-order valence-electron chi connectivity index (χ0n) is 10.8. The Hall–Kier alpha value is -0.610. The van der Waals surface area contributed by atoms with E-state index in [0.717, 1.165) is 5.16 Å². The number of aromatic nitrogens is 2. The zero-order chi connectivity index (χ0) is 12.3. The van der Waals surface area contributed by atoms with Crippen LogP contribution >= 0.6 is 11.8 Å². The minimum absolute atomic E-state index is 0.361. The summed E-state index contributed by atoms with van der Waals surface area (Å²) in [7, 11) is 2.07. The Morgan fingerprint density at radius 3 is 2.71 bits per heavy atom. The molecule has 0 bridgehead atoms. The lowest BCUT2D eigenvalue weighted by atomic mass is 9.73. The van der Waals surface area contributed by atoms with E-state index in [0.29, 0.717) is 16.7 Å². The summed E-state index contributed by atoms with van der Waals surface area (Å²) in [6, 6.07) is 2.40. The number of hydrogen-bond donors (Lipinski definition) is 1. The van der Waals surface area contributed by atoms with E-state index in [1.165, 1.54) is 19.3 Å². The van der Waals surface area contributed by atoms with Gasteiger partial charge in [-0.3, -0.25) is 0 Å². The summed E-state index contributed by atoms with van der Waals surface area (Å²) < 4.78 is 0. The maximum atomic E-state index is 4.31. The first kappa shape index (κ1) is 12.8. The molecule has 0 aromatic carbocycles. The van der Waals surface area contributed by atoms with E-state index in [2.05, 4.69) is 36.2 Å². The predicted octanol–water partition coefficient (Wildman–Crippen LogP) is 2.74. The van der Waals surface area contributed by atoms with E-state index >= 15 is 0 Å². The molecule has 94 valence electrons. The molecule has 0 amide bonds. The summed E-state index contributed by atoms with van der Waals surface area (Å²) in [5.74, 6) is 0. The van der Waals surface area contributed by atoms with Crippen molar-refractivity contribution < 1.29 is 0 Å². The van der Waals surface area contributed by atoms with Crippen molar-refractivity contribution in [3.05, 3.63) is 18.5 Å². The predicted molar refractivity (Wildman–Crippen MR) is 72.2 cm³/mol. The topological polar surface area (TPSA) is 37.8 Å². The Balaban J connectivity index is 2.09. The smallest absolute Gasteiger partial charge is 0.187 e. The Morgan fingerprint density at radius 1 is 1.35 bits per heavy atom. The van der Waals surface area contributed by atoms with Gasteiger partial charge < -0.3 is 5.32 Å². The summed E-state index contributed by atoms with van der Waals surface area (Å²) in [5, 5.41) is 4.96. The Morgan fingerprint density at radius 2 is 2.06 bits per heavy atom. The molecule has 1 saturated carbocycles. The van der Waals surface area contributed by atoms with Crippen LogP contribution in [0, 0.1) is 5.41 Å². The Bertz CT molecular complexity index is 353. The lowest BCUT2D eigenvalue weighted by molar-refractivity contribution is 0.182. The number of nitrogens with zero attached hydrogens (tertiary/aromatic N) is 2. The maximum absolute atomic E-state index is 4.31. The van der Waals surface area contributed by atoms with E-state index in [1.54, 1.807) is 0 Å². The molecule has 1 aliphatic rings. The summed E-state index contributed by atoms with van der Waals surface area (Å²) in [5.41, 5.74) is 0.361. The molecular formula is C13H21N3S. The summed E-state index contributed by atoms with van der Waals surface area (Å²) in [6.45, 7) is 4.71. The molecule has 3 nitrogen and oxygen atoms in total. The van der Waals surface area contributed by atoms with Gasteiger partial charge in [0.2, 0.25) is 0 Å². The van der Waals surface area contributed by atoms with Gasteiger partial charge in [0.1, 0.15) is 0 Å². The van der Waals surface area contributed by atoms with Gasteiger partial charge in [-0.15, -0.1) is 0 Å². The fourth-order valence-electron chi connectivity index (χ4n) is 2.77. The highest BCUT2D eigenvalue weighted by molar-refractivity contribution is 7.99. The monoisotopic (exact) mass is 251 g/mol. The maximum Gasteiger partial charge on any atom is 0.187 e. The highest BCUT2D eigenvalue weighted by Gasteiger charge is 2.38. The number of nitrogens with one attached hydrogen (secondary N) is 1. The minimum Gasteiger partial charge on any atom is -0.315 e.